The fourth-order valence-electron chi connectivity index (χ4n) is 2.91. The zero-order chi connectivity index (χ0) is 12.3. The van der Waals surface area contributed by atoms with Gasteiger partial charge < -0.3 is 10.5 Å². The maximum Gasteiger partial charge on any atom is 0.119 e. The van der Waals surface area contributed by atoms with Crippen LogP contribution in [0, 0.1) is 5.92 Å². The van der Waals surface area contributed by atoms with Crippen molar-refractivity contribution in [1.82, 2.24) is 0 Å². The Labute approximate surface area is 104 Å². The van der Waals surface area contributed by atoms with Crippen molar-refractivity contribution in [2.24, 2.45) is 11.7 Å². The highest BCUT2D eigenvalue weighted by molar-refractivity contribution is 5.32. The van der Waals surface area contributed by atoms with E-state index in [1.165, 1.54) is 31.2 Å². The SMILES string of the molecule is COc1cccc(C(C)(N)CC2CCCC2)c1. The summed E-state index contributed by atoms with van der Waals surface area (Å²) >= 11 is 0. The molecule has 2 rings (SSSR count). The maximum atomic E-state index is 6.49. The Kier molecular flexibility index (Phi) is 3.72. The number of ether oxygens (including phenoxy) is 1. The van der Waals surface area contributed by atoms with E-state index < -0.39 is 0 Å². The highest BCUT2D eigenvalue weighted by Gasteiger charge is 2.27. The van der Waals surface area contributed by atoms with Gasteiger partial charge in [0.05, 0.1) is 7.11 Å². The first-order valence-corrected chi connectivity index (χ1v) is 6.55. The van der Waals surface area contributed by atoms with E-state index in [-0.39, 0.29) is 5.54 Å². The Morgan fingerprint density at radius 3 is 2.71 bits per heavy atom. The summed E-state index contributed by atoms with van der Waals surface area (Å²) in [5.74, 6) is 1.70. The smallest absolute Gasteiger partial charge is 0.119 e. The molecule has 0 amide bonds. The van der Waals surface area contributed by atoms with Crippen molar-refractivity contribution in [3.05, 3.63) is 29.8 Å². The fourth-order valence-corrected chi connectivity index (χ4v) is 2.91. The number of hydrogen-bond donors (Lipinski definition) is 1. The van der Waals surface area contributed by atoms with Gasteiger partial charge in [0.25, 0.3) is 0 Å². The molecule has 1 fully saturated rings. The summed E-state index contributed by atoms with van der Waals surface area (Å²) < 4.78 is 5.26. The van der Waals surface area contributed by atoms with Crippen molar-refractivity contribution in [3.8, 4) is 5.75 Å². The van der Waals surface area contributed by atoms with Crippen LogP contribution in [-0.4, -0.2) is 7.11 Å². The highest BCUT2D eigenvalue weighted by Crippen LogP contribution is 2.35. The number of nitrogens with two attached hydrogens (primary N) is 1. The maximum absolute atomic E-state index is 6.49. The van der Waals surface area contributed by atoms with Crippen LogP contribution in [0.4, 0.5) is 0 Å². The lowest BCUT2D eigenvalue weighted by Crippen LogP contribution is -2.35. The topological polar surface area (TPSA) is 35.2 Å². The van der Waals surface area contributed by atoms with Gasteiger partial charge >= 0.3 is 0 Å². The third kappa shape index (κ3) is 3.01. The molecule has 2 nitrogen and oxygen atoms in total. The van der Waals surface area contributed by atoms with Gasteiger partial charge in [0.15, 0.2) is 0 Å². The molecule has 1 saturated carbocycles. The monoisotopic (exact) mass is 233 g/mol. The third-order valence-electron chi connectivity index (χ3n) is 3.92. The van der Waals surface area contributed by atoms with Crippen LogP contribution in [-0.2, 0) is 5.54 Å². The van der Waals surface area contributed by atoms with E-state index in [0.717, 1.165) is 18.1 Å². The second-order valence-corrected chi connectivity index (χ2v) is 5.50. The summed E-state index contributed by atoms with van der Waals surface area (Å²) in [6.45, 7) is 2.14. The lowest BCUT2D eigenvalue weighted by molar-refractivity contribution is 0.347. The van der Waals surface area contributed by atoms with E-state index in [1.54, 1.807) is 7.11 Å². The Hall–Kier alpha value is -1.02. The Balaban J connectivity index is 2.11. The van der Waals surface area contributed by atoms with E-state index in [1.807, 2.05) is 12.1 Å². The fraction of sp³-hybridized carbons (Fsp3) is 0.600. The van der Waals surface area contributed by atoms with E-state index in [4.69, 9.17) is 10.5 Å². The van der Waals surface area contributed by atoms with E-state index in [9.17, 15) is 0 Å². The number of methoxy groups -OCH3 is 1. The normalized spacial score (nSPS) is 20.2. The second kappa shape index (κ2) is 5.09. The first-order chi connectivity index (χ1) is 8.12. The molecule has 2 heteroatoms. The van der Waals surface area contributed by atoms with Crippen LogP contribution < -0.4 is 10.5 Å². The van der Waals surface area contributed by atoms with Gasteiger partial charge in [-0.15, -0.1) is 0 Å². The van der Waals surface area contributed by atoms with Crippen LogP contribution in [0.15, 0.2) is 24.3 Å². The minimum Gasteiger partial charge on any atom is -0.497 e. The van der Waals surface area contributed by atoms with Gasteiger partial charge in [-0.25, -0.2) is 0 Å². The molecule has 1 aromatic carbocycles. The molecule has 94 valence electrons. The van der Waals surface area contributed by atoms with Crippen LogP contribution >= 0.6 is 0 Å². The number of hydrogen-bond acceptors (Lipinski definition) is 2. The van der Waals surface area contributed by atoms with Crippen LogP contribution in [0.3, 0.4) is 0 Å². The minimum absolute atomic E-state index is 0.233. The molecule has 0 bridgehead atoms. The molecule has 0 saturated heterocycles. The summed E-state index contributed by atoms with van der Waals surface area (Å²) in [5, 5.41) is 0. The first kappa shape index (κ1) is 12.4. The second-order valence-electron chi connectivity index (χ2n) is 5.50. The first-order valence-electron chi connectivity index (χ1n) is 6.55. The van der Waals surface area contributed by atoms with Crippen LogP contribution in [0.25, 0.3) is 0 Å². The highest BCUT2D eigenvalue weighted by atomic mass is 16.5. The molecule has 0 aliphatic heterocycles. The van der Waals surface area contributed by atoms with Crippen LogP contribution in [0.5, 0.6) is 5.75 Å². The van der Waals surface area contributed by atoms with Gasteiger partial charge in [-0.05, 0) is 37.0 Å². The van der Waals surface area contributed by atoms with Crippen LogP contribution in [0.1, 0.15) is 44.6 Å². The van der Waals surface area contributed by atoms with Gasteiger partial charge in [-0.3, -0.25) is 0 Å². The largest absolute Gasteiger partial charge is 0.497 e. The summed E-state index contributed by atoms with van der Waals surface area (Å²) in [4.78, 5) is 0. The van der Waals surface area contributed by atoms with Gasteiger partial charge in [0.2, 0.25) is 0 Å². The molecule has 1 unspecified atom stereocenters. The lowest BCUT2D eigenvalue weighted by atomic mass is 9.83. The van der Waals surface area contributed by atoms with E-state index in [2.05, 4.69) is 19.1 Å². The van der Waals surface area contributed by atoms with Crippen molar-refractivity contribution >= 4 is 0 Å². The third-order valence-corrected chi connectivity index (χ3v) is 3.92. The molecule has 0 heterocycles. The van der Waals surface area contributed by atoms with Gasteiger partial charge in [-0.1, -0.05) is 37.8 Å². The van der Waals surface area contributed by atoms with Crippen molar-refractivity contribution < 1.29 is 4.74 Å². The molecule has 17 heavy (non-hydrogen) atoms. The van der Waals surface area contributed by atoms with E-state index >= 15 is 0 Å². The molecule has 0 aromatic heterocycles. The van der Waals surface area contributed by atoms with Crippen molar-refractivity contribution in [3.63, 3.8) is 0 Å². The molecular formula is C15H23NO. The summed E-state index contributed by atoms with van der Waals surface area (Å²) in [6.07, 6.45) is 6.52. The molecule has 2 N–H and O–H groups in total. The minimum atomic E-state index is -0.233. The molecule has 1 atom stereocenters. The van der Waals surface area contributed by atoms with E-state index in [0.29, 0.717) is 0 Å². The van der Waals surface area contributed by atoms with Crippen LogP contribution in [0.2, 0.25) is 0 Å². The lowest BCUT2D eigenvalue weighted by Gasteiger charge is -2.28. The Morgan fingerprint density at radius 1 is 1.35 bits per heavy atom. The average molecular weight is 233 g/mol. The van der Waals surface area contributed by atoms with Crippen molar-refractivity contribution in [2.75, 3.05) is 7.11 Å². The van der Waals surface area contributed by atoms with Crippen molar-refractivity contribution in [1.29, 1.82) is 0 Å². The molecule has 1 aromatic rings. The predicted octanol–water partition coefficient (Wildman–Crippen LogP) is 3.45. The quantitative estimate of drug-likeness (QED) is 0.864. The number of benzene rings is 1. The van der Waals surface area contributed by atoms with Gasteiger partial charge in [0.1, 0.15) is 5.75 Å². The number of rotatable bonds is 4. The summed E-state index contributed by atoms with van der Waals surface area (Å²) in [5.41, 5.74) is 7.44. The Bertz CT molecular complexity index is 367. The van der Waals surface area contributed by atoms with Crippen molar-refractivity contribution in [2.45, 2.75) is 44.6 Å². The summed E-state index contributed by atoms with van der Waals surface area (Å²) in [6, 6.07) is 8.16. The van der Waals surface area contributed by atoms with Gasteiger partial charge in [-0.2, -0.15) is 0 Å². The Morgan fingerprint density at radius 2 is 2.06 bits per heavy atom. The molecule has 1 aliphatic rings. The molecule has 0 radical (unpaired) electrons. The average Bonchev–Trinajstić information content (AvgIpc) is 2.81. The molecular weight excluding hydrogens is 210 g/mol. The summed E-state index contributed by atoms with van der Waals surface area (Å²) in [7, 11) is 1.70. The zero-order valence-electron chi connectivity index (χ0n) is 10.9. The predicted molar refractivity (Wildman–Crippen MR) is 71.1 cm³/mol. The molecule has 0 spiro atoms. The van der Waals surface area contributed by atoms with Gasteiger partial charge in [0, 0.05) is 5.54 Å². The standard InChI is InChI=1S/C15H23NO/c1-15(16,11-12-6-3-4-7-12)13-8-5-9-14(10-13)17-2/h5,8-10,12H,3-4,6-7,11,16H2,1-2H3. The zero-order valence-corrected chi connectivity index (χ0v) is 10.9. The molecule has 1 aliphatic carbocycles.